The van der Waals surface area contributed by atoms with Crippen molar-refractivity contribution in [3.05, 3.63) is 22.4 Å². The SMILES string of the molecule is CN(Cc1ccsc1)S(=O)(=O)CCO. The van der Waals surface area contributed by atoms with Crippen LogP contribution in [0.2, 0.25) is 0 Å². The van der Waals surface area contributed by atoms with Gasteiger partial charge in [-0.15, -0.1) is 0 Å². The molecule has 0 amide bonds. The Labute approximate surface area is 87.8 Å². The summed E-state index contributed by atoms with van der Waals surface area (Å²) in [5, 5.41) is 12.4. The zero-order valence-corrected chi connectivity index (χ0v) is 9.51. The number of hydrogen-bond acceptors (Lipinski definition) is 4. The Morgan fingerprint density at radius 2 is 2.29 bits per heavy atom. The molecule has 80 valence electrons. The average molecular weight is 235 g/mol. The normalized spacial score (nSPS) is 12.2. The van der Waals surface area contributed by atoms with Crippen molar-refractivity contribution in [2.75, 3.05) is 19.4 Å². The maximum atomic E-state index is 11.4. The summed E-state index contributed by atoms with van der Waals surface area (Å²) in [6, 6.07) is 1.88. The molecular weight excluding hydrogens is 222 g/mol. The van der Waals surface area contributed by atoms with Crippen LogP contribution in [0.4, 0.5) is 0 Å². The van der Waals surface area contributed by atoms with Gasteiger partial charge in [-0.2, -0.15) is 11.3 Å². The number of aliphatic hydroxyl groups is 1. The molecule has 1 rings (SSSR count). The van der Waals surface area contributed by atoms with Crippen molar-refractivity contribution in [1.82, 2.24) is 4.31 Å². The molecule has 1 aromatic heterocycles. The highest BCUT2D eigenvalue weighted by Crippen LogP contribution is 2.10. The first kappa shape index (κ1) is 11.6. The molecule has 0 atom stereocenters. The van der Waals surface area contributed by atoms with Crippen LogP contribution in [-0.2, 0) is 16.6 Å². The molecular formula is C8H13NO3S2. The van der Waals surface area contributed by atoms with Gasteiger partial charge >= 0.3 is 0 Å². The van der Waals surface area contributed by atoms with E-state index in [1.54, 1.807) is 0 Å². The van der Waals surface area contributed by atoms with E-state index in [-0.39, 0.29) is 12.4 Å². The quantitative estimate of drug-likeness (QED) is 0.808. The van der Waals surface area contributed by atoms with Crippen LogP contribution in [0, 0.1) is 0 Å². The second kappa shape index (κ2) is 4.88. The first-order chi connectivity index (χ1) is 6.56. The lowest BCUT2D eigenvalue weighted by molar-refractivity contribution is 0.316. The molecule has 0 spiro atoms. The van der Waals surface area contributed by atoms with Gasteiger partial charge in [0, 0.05) is 13.6 Å². The minimum absolute atomic E-state index is 0.215. The third kappa shape index (κ3) is 3.06. The van der Waals surface area contributed by atoms with Gasteiger partial charge in [0.1, 0.15) is 0 Å². The Morgan fingerprint density at radius 3 is 2.79 bits per heavy atom. The van der Waals surface area contributed by atoms with E-state index in [1.165, 1.54) is 22.7 Å². The lowest BCUT2D eigenvalue weighted by Gasteiger charge is -2.15. The number of thiophene rings is 1. The highest BCUT2D eigenvalue weighted by molar-refractivity contribution is 7.89. The molecule has 0 aliphatic rings. The second-order valence-electron chi connectivity index (χ2n) is 2.93. The number of hydrogen-bond donors (Lipinski definition) is 1. The summed E-state index contributed by atoms with van der Waals surface area (Å²) in [4.78, 5) is 0. The monoisotopic (exact) mass is 235 g/mol. The van der Waals surface area contributed by atoms with E-state index in [9.17, 15) is 8.42 Å². The van der Waals surface area contributed by atoms with E-state index in [0.717, 1.165) is 5.56 Å². The first-order valence-corrected chi connectivity index (χ1v) is 6.67. The fourth-order valence-electron chi connectivity index (χ4n) is 1.01. The van der Waals surface area contributed by atoms with Gasteiger partial charge in [0.25, 0.3) is 0 Å². The zero-order valence-electron chi connectivity index (χ0n) is 7.88. The molecule has 0 aromatic carbocycles. The molecule has 0 saturated heterocycles. The Kier molecular flexibility index (Phi) is 4.06. The molecule has 0 aliphatic heterocycles. The number of nitrogens with zero attached hydrogens (tertiary/aromatic N) is 1. The van der Waals surface area contributed by atoms with Gasteiger partial charge in [-0.25, -0.2) is 12.7 Å². The minimum atomic E-state index is -3.30. The molecule has 6 heteroatoms. The molecule has 0 unspecified atom stereocenters. The third-order valence-corrected chi connectivity index (χ3v) is 4.32. The second-order valence-corrected chi connectivity index (χ2v) is 5.90. The van der Waals surface area contributed by atoms with Crippen molar-refractivity contribution < 1.29 is 13.5 Å². The van der Waals surface area contributed by atoms with E-state index in [4.69, 9.17) is 5.11 Å². The number of sulfonamides is 1. The molecule has 1 N–H and O–H groups in total. The zero-order chi connectivity index (χ0) is 10.6. The van der Waals surface area contributed by atoms with Gasteiger partial charge < -0.3 is 5.11 Å². The lowest BCUT2D eigenvalue weighted by atomic mass is 10.3. The predicted molar refractivity (Wildman–Crippen MR) is 56.7 cm³/mol. The summed E-state index contributed by atoms with van der Waals surface area (Å²) < 4.78 is 24.1. The molecule has 0 fully saturated rings. The van der Waals surface area contributed by atoms with E-state index in [0.29, 0.717) is 6.54 Å². The van der Waals surface area contributed by atoms with Crippen LogP contribution in [-0.4, -0.2) is 37.2 Å². The van der Waals surface area contributed by atoms with E-state index in [2.05, 4.69) is 0 Å². The van der Waals surface area contributed by atoms with Crippen LogP contribution in [0.3, 0.4) is 0 Å². The van der Waals surface area contributed by atoms with Crippen molar-refractivity contribution in [1.29, 1.82) is 0 Å². The molecule has 14 heavy (non-hydrogen) atoms. The highest BCUT2D eigenvalue weighted by Gasteiger charge is 2.16. The molecule has 0 aliphatic carbocycles. The summed E-state index contributed by atoms with van der Waals surface area (Å²) in [6.07, 6.45) is 0. The maximum Gasteiger partial charge on any atom is 0.216 e. The highest BCUT2D eigenvalue weighted by atomic mass is 32.2. The summed E-state index contributed by atoms with van der Waals surface area (Å²) >= 11 is 1.53. The lowest BCUT2D eigenvalue weighted by Crippen LogP contribution is -2.29. The van der Waals surface area contributed by atoms with Crippen molar-refractivity contribution in [3.8, 4) is 0 Å². The minimum Gasteiger partial charge on any atom is -0.395 e. The summed E-state index contributed by atoms with van der Waals surface area (Å²) in [6.45, 7) is 0.0299. The van der Waals surface area contributed by atoms with Crippen molar-refractivity contribution >= 4 is 21.4 Å². The fraction of sp³-hybridized carbons (Fsp3) is 0.500. The number of aliphatic hydroxyl groups excluding tert-OH is 1. The van der Waals surface area contributed by atoms with E-state index < -0.39 is 10.0 Å². The van der Waals surface area contributed by atoms with Gasteiger partial charge in [0.05, 0.1) is 12.4 Å². The van der Waals surface area contributed by atoms with E-state index in [1.807, 2.05) is 16.8 Å². The van der Waals surface area contributed by atoms with Crippen LogP contribution in [0.5, 0.6) is 0 Å². The predicted octanol–water partition coefficient (Wildman–Crippen LogP) is 0.502. The molecule has 0 radical (unpaired) electrons. The van der Waals surface area contributed by atoms with E-state index >= 15 is 0 Å². The summed E-state index contributed by atoms with van der Waals surface area (Å²) in [7, 11) is -1.78. The standard InChI is InChI=1S/C8H13NO3S2/c1-9(14(11,12)5-3-10)6-8-2-4-13-7-8/h2,4,7,10H,3,5-6H2,1H3. The summed E-state index contributed by atoms with van der Waals surface area (Å²) in [5.74, 6) is -0.215. The van der Waals surface area contributed by atoms with Crippen LogP contribution in [0.25, 0.3) is 0 Å². The van der Waals surface area contributed by atoms with Crippen LogP contribution >= 0.6 is 11.3 Å². The summed E-state index contributed by atoms with van der Waals surface area (Å²) in [5.41, 5.74) is 0.971. The molecule has 0 saturated carbocycles. The molecule has 1 aromatic rings. The Morgan fingerprint density at radius 1 is 1.57 bits per heavy atom. The molecule has 1 heterocycles. The largest absolute Gasteiger partial charge is 0.395 e. The Hall–Kier alpha value is -0.430. The topological polar surface area (TPSA) is 57.6 Å². The van der Waals surface area contributed by atoms with Crippen molar-refractivity contribution in [2.24, 2.45) is 0 Å². The van der Waals surface area contributed by atoms with Gasteiger partial charge in [-0.05, 0) is 22.4 Å². The van der Waals surface area contributed by atoms with Crippen LogP contribution < -0.4 is 0 Å². The Bertz CT molecular complexity index is 358. The van der Waals surface area contributed by atoms with Crippen LogP contribution in [0.1, 0.15) is 5.56 Å². The van der Waals surface area contributed by atoms with Crippen molar-refractivity contribution in [3.63, 3.8) is 0 Å². The van der Waals surface area contributed by atoms with Gasteiger partial charge in [0.2, 0.25) is 10.0 Å². The van der Waals surface area contributed by atoms with Crippen LogP contribution in [0.15, 0.2) is 16.8 Å². The molecule has 0 bridgehead atoms. The smallest absolute Gasteiger partial charge is 0.216 e. The maximum absolute atomic E-state index is 11.4. The number of rotatable bonds is 5. The average Bonchev–Trinajstić information content (AvgIpc) is 2.56. The first-order valence-electron chi connectivity index (χ1n) is 4.12. The van der Waals surface area contributed by atoms with Gasteiger partial charge in [0.15, 0.2) is 0 Å². The third-order valence-electron chi connectivity index (χ3n) is 1.81. The molecule has 4 nitrogen and oxygen atoms in total. The fourth-order valence-corrected chi connectivity index (χ4v) is 2.56. The Balaban J connectivity index is 2.62. The van der Waals surface area contributed by atoms with Gasteiger partial charge in [-0.3, -0.25) is 0 Å². The van der Waals surface area contributed by atoms with Gasteiger partial charge in [-0.1, -0.05) is 0 Å². The van der Waals surface area contributed by atoms with Crippen molar-refractivity contribution in [2.45, 2.75) is 6.54 Å².